The van der Waals surface area contributed by atoms with E-state index in [1.165, 1.54) is 12.1 Å². The Kier molecular flexibility index (Phi) is 4.64. The summed E-state index contributed by atoms with van der Waals surface area (Å²) in [5.41, 5.74) is -0.369. The number of carboxylic acids is 1. The minimum absolute atomic E-state index is 0.00711. The molecular formula is C14H18FNO3. The van der Waals surface area contributed by atoms with Crippen LogP contribution in [0.15, 0.2) is 18.2 Å². The molecule has 2 N–H and O–H groups in total. The number of nitrogens with one attached hydrogen (secondary N) is 1. The molecule has 0 saturated carbocycles. The predicted octanol–water partition coefficient (Wildman–Crippen LogP) is 2.36. The zero-order valence-electron chi connectivity index (χ0n) is 11.3. The molecule has 1 atom stereocenters. The number of carboxylic acid groups (broad SMARTS) is 1. The standard InChI is InChI=1S/C14H18FNO3/c1-4-14(3,13(18)19)8-16-12(17)10-6-5-9(2)11(15)7-10/h5-7H,4,8H2,1-3H3,(H,16,17)(H,18,19). The first-order chi connectivity index (χ1) is 8.80. The lowest BCUT2D eigenvalue weighted by atomic mass is 9.87. The SMILES string of the molecule is CCC(C)(CNC(=O)c1ccc(C)c(F)c1)C(=O)O. The van der Waals surface area contributed by atoms with Crippen LogP contribution in [0.5, 0.6) is 0 Å². The van der Waals surface area contributed by atoms with Crippen molar-refractivity contribution in [1.82, 2.24) is 5.32 Å². The number of hydrogen-bond acceptors (Lipinski definition) is 2. The lowest BCUT2D eigenvalue weighted by Gasteiger charge is -2.23. The van der Waals surface area contributed by atoms with Crippen LogP contribution in [0.2, 0.25) is 0 Å². The average molecular weight is 267 g/mol. The molecule has 1 amide bonds. The van der Waals surface area contributed by atoms with Gasteiger partial charge in [-0.05, 0) is 38.0 Å². The Morgan fingerprint density at radius 2 is 2.05 bits per heavy atom. The zero-order chi connectivity index (χ0) is 14.6. The fraction of sp³-hybridized carbons (Fsp3) is 0.429. The van der Waals surface area contributed by atoms with Gasteiger partial charge in [-0.15, -0.1) is 0 Å². The second-order valence-corrected chi connectivity index (χ2v) is 4.87. The molecule has 4 nitrogen and oxygen atoms in total. The number of amides is 1. The summed E-state index contributed by atoms with van der Waals surface area (Å²) in [6.07, 6.45) is 0.394. The van der Waals surface area contributed by atoms with Crippen molar-refractivity contribution in [2.24, 2.45) is 5.41 Å². The first kappa shape index (κ1) is 15.1. The molecular weight excluding hydrogens is 249 g/mol. The van der Waals surface area contributed by atoms with Crippen LogP contribution in [0.4, 0.5) is 4.39 Å². The van der Waals surface area contributed by atoms with E-state index in [1.807, 2.05) is 0 Å². The summed E-state index contributed by atoms with van der Waals surface area (Å²) in [6, 6.07) is 4.17. The van der Waals surface area contributed by atoms with Crippen LogP contribution >= 0.6 is 0 Å². The predicted molar refractivity (Wildman–Crippen MR) is 69.5 cm³/mol. The highest BCUT2D eigenvalue weighted by Crippen LogP contribution is 2.20. The van der Waals surface area contributed by atoms with E-state index in [2.05, 4.69) is 5.32 Å². The van der Waals surface area contributed by atoms with Crippen LogP contribution in [0.25, 0.3) is 0 Å². The molecule has 0 aromatic heterocycles. The third kappa shape index (κ3) is 3.53. The highest BCUT2D eigenvalue weighted by molar-refractivity contribution is 5.94. The van der Waals surface area contributed by atoms with Crippen molar-refractivity contribution in [2.45, 2.75) is 27.2 Å². The molecule has 0 aliphatic rings. The van der Waals surface area contributed by atoms with Crippen LogP contribution in [0.3, 0.4) is 0 Å². The smallest absolute Gasteiger partial charge is 0.311 e. The van der Waals surface area contributed by atoms with Crippen molar-refractivity contribution < 1.29 is 19.1 Å². The maximum atomic E-state index is 13.3. The highest BCUT2D eigenvalue weighted by atomic mass is 19.1. The molecule has 1 aromatic rings. The minimum Gasteiger partial charge on any atom is -0.481 e. The molecule has 0 bridgehead atoms. The molecule has 0 fully saturated rings. The third-order valence-electron chi connectivity index (χ3n) is 3.37. The third-order valence-corrected chi connectivity index (χ3v) is 3.37. The van der Waals surface area contributed by atoms with Crippen molar-refractivity contribution in [1.29, 1.82) is 0 Å². The summed E-state index contributed by atoms with van der Waals surface area (Å²) in [6.45, 7) is 4.92. The number of halogens is 1. The fourth-order valence-electron chi connectivity index (χ4n) is 1.46. The Morgan fingerprint density at radius 1 is 1.42 bits per heavy atom. The van der Waals surface area contributed by atoms with E-state index in [0.29, 0.717) is 12.0 Å². The Hall–Kier alpha value is -1.91. The Bertz CT molecular complexity index is 501. The monoisotopic (exact) mass is 267 g/mol. The molecule has 1 rings (SSSR count). The van der Waals surface area contributed by atoms with Gasteiger partial charge in [0.15, 0.2) is 0 Å². The normalized spacial score (nSPS) is 13.7. The molecule has 5 heteroatoms. The summed E-state index contributed by atoms with van der Waals surface area (Å²) >= 11 is 0. The van der Waals surface area contributed by atoms with Crippen LogP contribution in [-0.2, 0) is 4.79 Å². The molecule has 0 spiro atoms. The van der Waals surface area contributed by atoms with Crippen molar-refractivity contribution in [3.05, 3.63) is 35.1 Å². The largest absolute Gasteiger partial charge is 0.481 e. The topological polar surface area (TPSA) is 66.4 Å². The highest BCUT2D eigenvalue weighted by Gasteiger charge is 2.31. The summed E-state index contributed by atoms with van der Waals surface area (Å²) in [4.78, 5) is 22.9. The molecule has 0 saturated heterocycles. The summed E-state index contributed by atoms with van der Waals surface area (Å²) in [7, 11) is 0. The Morgan fingerprint density at radius 3 is 2.53 bits per heavy atom. The van der Waals surface area contributed by atoms with E-state index < -0.39 is 23.1 Å². The molecule has 1 aromatic carbocycles. The number of rotatable bonds is 5. The van der Waals surface area contributed by atoms with E-state index >= 15 is 0 Å². The number of benzene rings is 1. The van der Waals surface area contributed by atoms with Gasteiger partial charge in [-0.1, -0.05) is 13.0 Å². The number of hydrogen-bond donors (Lipinski definition) is 2. The van der Waals surface area contributed by atoms with Gasteiger partial charge in [0.1, 0.15) is 5.82 Å². The summed E-state index contributed by atoms with van der Waals surface area (Å²) in [5, 5.41) is 11.6. The van der Waals surface area contributed by atoms with Gasteiger partial charge in [0.25, 0.3) is 5.91 Å². The second kappa shape index (κ2) is 5.82. The number of aliphatic carboxylic acids is 1. The molecule has 1 unspecified atom stereocenters. The molecule has 0 heterocycles. The second-order valence-electron chi connectivity index (χ2n) is 4.87. The van der Waals surface area contributed by atoms with Gasteiger partial charge < -0.3 is 10.4 Å². The molecule has 0 radical (unpaired) electrons. The molecule has 0 aliphatic heterocycles. The van der Waals surface area contributed by atoms with Crippen molar-refractivity contribution >= 4 is 11.9 Å². The van der Waals surface area contributed by atoms with E-state index in [4.69, 9.17) is 5.11 Å². The van der Waals surface area contributed by atoms with Gasteiger partial charge in [0, 0.05) is 12.1 Å². The lowest BCUT2D eigenvalue weighted by molar-refractivity contribution is -0.147. The van der Waals surface area contributed by atoms with Crippen molar-refractivity contribution in [3.8, 4) is 0 Å². The molecule has 19 heavy (non-hydrogen) atoms. The van der Waals surface area contributed by atoms with Gasteiger partial charge in [-0.25, -0.2) is 4.39 Å². The summed E-state index contributed by atoms with van der Waals surface area (Å²) < 4.78 is 13.3. The van der Waals surface area contributed by atoms with E-state index in [1.54, 1.807) is 20.8 Å². The number of carbonyl (C=O) groups excluding carboxylic acids is 1. The zero-order valence-corrected chi connectivity index (χ0v) is 11.3. The van der Waals surface area contributed by atoms with E-state index in [-0.39, 0.29) is 12.1 Å². The van der Waals surface area contributed by atoms with Crippen LogP contribution in [-0.4, -0.2) is 23.5 Å². The van der Waals surface area contributed by atoms with Crippen LogP contribution in [0, 0.1) is 18.2 Å². The Balaban J connectivity index is 2.75. The number of carbonyl (C=O) groups is 2. The average Bonchev–Trinajstić information content (AvgIpc) is 2.38. The van der Waals surface area contributed by atoms with Gasteiger partial charge in [-0.2, -0.15) is 0 Å². The lowest BCUT2D eigenvalue weighted by Crippen LogP contribution is -2.40. The minimum atomic E-state index is -1.01. The fourth-order valence-corrected chi connectivity index (χ4v) is 1.46. The van der Waals surface area contributed by atoms with Crippen LogP contribution < -0.4 is 5.32 Å². The maximum Gasteiger partial charge on any atom is 0.311 e. The first-order valence-corrected chi connectivity index (χ1v) is 6.08. The first-order valence-electron chi connectivity index (χ1n) is 6.08. The summed E-state index contributed by atoms with van der Waals surface area (Å²) in [5.74, 6) is -1.89. The van der Waals surface area contributed by atoms with Gasteiger partial charge in [0.05, 0.1) is 5.41 Å². The van der Waals surface area contributed by atoms with E-state index in [0.717, 1.165) is 6.07 Å². The molecule has 0 aliphatic carbocycles. The van der Waals surface area contributed by atoms with Crippen molar-refractivity contribution in [2.75, 3.05) is 6.54 Å². The van der Waals surface area contributed by atoms with Gasteiger partial charge >= 0.3 is 5.97 Å². The van der Waals surface area contributed by atoms with E-state index in [9.17, 15) is 14.0 Å². The quantitative estimate of drug-likeness (QED) is 0.860. The van der Waals surface area contributed by atoms with Crippen LogP contribution in [0.1, 0.15) is 36.2 Å². The number of aryl methyl sites for hydroxylation is 1. The molecule has 104 valence electrons. The van der Waals surface area contributed by atoms with Gasteiger partial charge in [0.2, 0.25) is 0 Å². The van der Waals surface area contributed by atoms with Crippen molar-refractivity contribution in [3.63, 3.8) is 0 Å². The Labute approximate surface area is 111 Å². The van der Waals surface area contributed by atoms with Gasteiger partial charge in [-0.3, -0.25) is 9.59 Å². The maximum absolute atomic E-state index is 13.3.